The molecule has 7 nitrogen and oxygen atoms in total. The van der Waals surface area contributed by atoms with Gasteiger partial charge in [0.05, 0.1) is 25.3 Å². The van der Waals surface area contributed by atoms with Crippen molar-refractivity contribution < 1.29 is 14.3 Å². The number of esters is 1. The van der Waals surface area contributed by atoms with Crippen LogP contribution in [0.15, 0.2) is 48.7 Å². The van der Waals surface area contributed by atoms with Gasteiger partial charge in [0, 0.05) is 18.3 Å². The quantitative estimate of drug-likeness (QED) is 0.774. The standard InChI is InChI=1S/C19H18N4O3/c1-26-18(24)10-8-16-13-22(17-9-7-14(11-20)12-21-17)19(25)23(16)15-5-3-2-4-6-15/h2-7,9,12,16H,8,10,13H2,1H3. The Kier molecular flexibility index (Phi) is 5.13. The highest BCUT2D eigenvalue weighted by Gasteiger charge is 2.39. The van der Waals surface area contributed by atoms with Crippen LogP contribution in [0.4, 0.5) is 16.3 Å². The van der Waals surface area contributed by atoms with Crippen molar-refractivity contribution in [1.82, 2.24) is 4.98 Å². The first-order valence-electron chi connectivity index (χ1n) is 8.22. The summed E-state index contributed by atoms with van der Waals surface area (Å²) in [4.78, 5) is 32.0. The van der Waals surface area contributed by atoms with Crippen molar-refractivity contribution in [3.63, 3.8) is 0 Å². The van der Waals surface area contributed by atoms with Crippen molar-refractivity contribution in [3.8, 4) is 6.07 Å². The SMILES string of the molecule is COC(=O)CCC1CN(c2ccc(C#N)cn2)C(=O)N1c1ccccc1. The number of amides is 2. The third kappa shape index (κ3) is 3.49. The number of hydrogen-bond donors (Lipinski definition) is 0. The minimum absolute atomic E-state index is 0.179. The van der Waals surface area contributed by atoms with Crippen LogP contribution in [0, 0.1) is 11.3 Å². The van der Waals surface area contributed by atoms with E-state index < -0.39 is 0 Å². The highest BCUT2D eigenvalue weighted by Crippen LogP contribution is 2.29. The molecule has 1 fully saturated rings. The Balaban J connectivity index is 1.87. The number of para-hydroxylation sites is 1. The van der Waals surface area contributed by atoms with Crippen LogP contribution in [0.1, 0.15) is 18.4 Å². The first kappa shape index (κ1) is 17.4. The third-order valence-electron chi connectivity index (χ3n) is 4.29. The van der Waals surface area contributed by atoms with Gasteiger partial charge in [-0.05, 0) is 30.7 Å². The van der Waals surface area contributed by atoms with Gasteiger partial charge in [-0.2, -0.15) is 5.26 Å². The number of carbonyl (C=O) groups is 2. The number of hydrogen-bond acceptors (Lipinski definition) is 5. The van der Waals surface area contributed by atoms with Gasteiger partial charge in [0.15, 0.2) is 0 Å². The van der Waals surface area contributed by atoms with E-state index in [0.29, 0.717) is 24.3 Å². The second-order valence-corrected chi connectivity index (χ2v) is 5.88. The molecule has 0 radical (unpaired) electrons. The third-order valence-corrected chi connectivity index (χ3v) is 4.29. The maximum absolute atomic E-state index is 13.0. The van der Waals surface area contributed by atoms with Crippen LogP contribution < -0.4 is 9.80 Å². The minimum atomic E-state index is -0.305. The number of carbonyl (C=O) groups excluding carboxylic acids is 2. The Labute approximate surface area is 151 Å². The predicted octanol–water partition coefficient (Wildman–Crippen LogP) is 2.72. The molecule has 2 heterocycles. The second kappa shape index (κ2) is 7.66. The van der Waals surface area contributed by atoms with Crippen molar-refractivity contribution in [2.45, 2.75) is 18.9 Å². The number of pyridine rings is 1. The lowest BCUT2D eigenvalue weighted by molar-refractivity contribution is -0.140. The number of rotatable bonds is 5. The predicted molar refractivity (Wildman–Crippen MR) is 95.7 cm³/mol. The van der Waals surface area contributed by atoms with Crippen LogP contribution in [-0.2, 0) is 9.53 Å². The van der Waals surface area contributed by atoms with Gasteiger partial charge in [0.2, 0.25) is 0 Å². The summed E-state index contributed by atoms with van der Waals surface area (Å²) in [7, 11) is 1.35. The van der Waals surface area contributed by atoms with Gasteiger partial charge in [-0.3, -0.25) is 14.6 Å². The molecule has 0 saturated carbocycles. The normalized spacial score (nSPS) is 16.5. The van der Waals surface area contributed by atoms with E-state index in [1.807, 2.05) is 36.4 Å². The molecule has 0 bridgehead atoms. The van der Waals surface area contributed by atoms with Crippen molar-refractivity contribution in [2.24, 2.45) is 0 Å². The van der Waals surface area contributed by atoms with Crippen LogP contribution in [0.5, 0.6) is 0 Å². The summed E-state index contributed by atoms with van der Waals surface area (Å²) in [6.45, 7) is 0.406. The van der Waals surface area contributed by atoms with Crippen LogP contribution in [0.3, 0.4) is 0 Å². The fraction of sp³-hybridized carbons (Fsp3) is 0.263. The van der Waals surface area contributed by atoms with Crippen LogP contribution in [0.2, 0.25) is 0 Å². The first-order chi connectivity index (χ1) is 12.6. The molecule has 1 aliphatic heterocycles. The number of ether oxygens (including phenoxy) is 1. The number of benzene rings is 1. The molecule has 2 aromatic rings. The molecule has 3 rings (SSSR count). The van der Waals surface area contributed by atoms with Gasteiger partial charge < -0.3 is 4.74 Å². The lowest BCUT2D eigenvalue weighted by atomic mass is 10.1. The van der Waals surface area contributed by atoms with Crippen LogP contribution in [-0.4, -0.2) is 36.7 Å². The summed E-state index contributed by atoms with van der Waals surface area (Å²) in [5.41, 5.74) is 1.20. The van der Waals surface area contributed by atoms with Gasteiger partial charge in [-0.25, -0.2) is 9.78 Å². The van der Waals surface area contributed by atoms with E-state index in [0.717, 1.165) is 5.69 Å². The fourth-order valence-corrected chi connectivity index (χ4v) is 2.98. The Morgan fingerprint density at radius 1 is 1.31 bits per heavy atom. The molecule has 1 aliphatic rings. The maximum atomic E-state index is 13.0. The molecule has 1 aromatic carbocycles. The van der Waals surface area contributed by atoms with E-state index in [-0.39, 0.29) is 24.5 Å². The molecule has 1 atom stereocenters. The Morgan fingerprint density at radius 3 is 2.69 bits per heavy atom. The summed E-state index contributed by atoms with van der Waals surface area (Å²) in [6, 6.07) is 14.2. The molecule has 26 heavy (non-hydrogen) atoms. The van der Waals surface area contributed by atoms with Crippen molar-refractivity contribution >= 4 is 23.5 Å². The van der Waals surface area contributed by atoms with Gasteiger partial charge in [-0.15, -0.1) is 0 Å². The lowest BCUT2D eigenvalue weighted by Gasteiger charge is -2.22. The zero-order chi connectivity index (χ0) is 18.5. The zero-order valence-corrected chi connectivity index (χ0v) is 14.3. The maximum Gasteiger partial charge on any atom is 0.330 e. The van der Waals surface area contributed by atoms with E-state index in [9.17, 15) is 9.59 Å². The summed E-state index contributed by atoms with van der Waals surface area (Å²) >= 11 is 0. The lowest BCUT2D eigenvalue weighted by Crippen LogP contribution is -2.35. The monoisotopic (exact) mass is 350 g/mol. The van der Waals surface area contributed by atoms with Gasteiger partial charge in [0.25, 0.3) is 0 Å². The highest BCUT2D eigenvalue weighted by atomic mass is 16.5. The molecular formula is C19H18N4O3. The molecule has 7 heteroatoms. The minimum Gasteiger partial charge on any atom is -0.469 e. The number of methoxy groups -OCH3 is 1. The van der Waals surface area contributed by atoms with E-state index in [1.165, 1.54) is 13.3 Å². The number of nitrogens with zero attached hydrogens (tertiary/aromatic N) is 4. The van der Waals surface area contributed by atoms with E-state index in [1.54, 1.807) is 21.9 Å². The summed E-state index contributed by atoms with van der Waals surface area (Å²) < 4.78 is 4.72. The molecule has 0 N–H and O–H groups in total. The molecule has 1 saturated heterocycles. The van der Waals surface area contributed by atoms with Crippen molar-refractivity contribution in [2.75, 3.05) is 23.5 Å². The van der Waals surface area contributed by atoms with E-state index >= 15 is 0 Å². The van der Waals surface area contributed by atoms with Gasteiger partial charge in [-0.1, -0.05) is 18.2 Å². The summed E-state index contributed by atoms with van der Waals surface area (Å²) in [5, 5.41) is 8.90. The van der Waals surface area contributed by atoms with E-state index in [4.69, 9.17) is 10.00 Å². The molecule has 0 spiro atoms. The smallest absolute Gasteiger partial charge is 0.330 e. The molecular weight excluding hydrogens is 332 g/mol. The number of anilines is 2. The van der Waals surface area contributed by atoms with Crippen LogP contribution >= 0.6 is 0 Å². The summed E-state index contributed by atoms with van der Waals surface area (Å²) in [5.74, 6) is 0.177. The number of urea groups is 1. The summed E-state index contributed by atoms with van der Waals surface area (Å²) in [6.07, 6.45) is 2.16. The molecule has 2 amide bonds. The van der Waals surface area contributed by atoms with Gasteiger partial charge >= 0.3 is 12.0 Å². The average molecular weight is 350 g/mol. The van der Waals surface area contributed by atoms with Crippen LogP contribution in [0.25, 0.3) is 0 Å². The fourth-order valence-electron chi connectivity index (χ4n) is 2.98. The molecule has 1 aromatic heterocycles. The average Bonchev–Trinajstić information content (AvgIpc) is 3.03. The van der Waals surface area contributed by atoms with Crippen molar-refractivity contribution in [1.29, 1.82) is 5.26 Å². The molecule has 1 unspecified atom stereocenters. The zero-order valence-electron chi connectivity index (χ0n) is 14.3. The van der Waals surface area contributed by atoms with E-state index in [2.05, 4.69) is 4.98 Å². The largest absolute Gasteiger partial charge is 0.469 e. The van der Waals surface area contributed by atoms with Gasteiger partial charge in [0.1, 0.15) is 11.9 Å². The first-order valence-corrected chi connectivity index (χ1v) is 8.22. The van der Waals surface area contributed by atoms with Crippen molar-refractivity contribution in [3.05, 3.63) is 54.2 Å². The Bertz CT molecular complexity index is 830. The molecule has 0 aliphatic carbocycles. The number of nitriles is 1. The topological polar surface area (TPSA) is 86.5 Å². The highest BCUT2D eigenvalue weighted by molar-refractivity contribution is 6.06. The molecule has 132 valence electrons. The number of aromatic nitrogens is 1. The Hall–Kier alpha value is -3.40. The second-order valence-electron chi connectivity index (χ2n) is 5.88. The Morgan fingerprint density at radius 2 is 2.08 bits per heavy atom.